The Bertz CT molecular complexity index is 972. The predicted octanol–water partition coefficient (Wildman–Crippen LogP) is 3.58. The molecule has 0 bridgehead atoms. The van der Waals surface area contributed by atoms with E-state index in [4.69, 9.17) is 23.2 Å². The van der Waals surface area contributed by atoms with Crippen LogP contribution in [-0.4, -0.2) is 23.1 Å². The fraction of sp³-hybridized carbons (Fsp3) is 0.250. The molecule has 0 fully saturated rings. The van der Waals surface area contributed by atoms with Gasteiger partial charge in [-0.05, 0) is 42.3 Å². The summed E-state index contributed by atoms with van der Waals surface area (Å²) >= 11 is 11.7. The van der Waals surface area contributed by atoms with Crippen LogP contribution in [0.3, 0.4) is 0 Å². The van der Waals surface area contributed by atoms with E-state index in [1.807, 2.05) is 0 Å². The van der Waals surface area contributed by atoms with Crippen LogP contribution in [0, 0.1) is 0 Å². The quantitative estimate of drug-likeness (QED) is 0.772. The first-order valence-corrected chi connectivity index (χ1v) is 11.5. The third kappa shape index (κ3) is 5.69. The summed E-state index contributed by atoms with van der Waals surface area (Å²) in [6.07, 6.45) is 1.12. The molecule has 0 unspecified atom stereocenters. The number of sulfone groups is 1. The Morgan fingerprint density at radius 1 is 0.960 bits per heavy atom. The highest BCUT2D eigenvalue weighted by Crippen LogP contribution is 2.24. The number of halogens is 2. The largest absolute Gasteiger partial charge is 0.224 e. The van der Waals surface area contributed by atoms with Gasteiger partial charge in [-0.1, -0.05) is 41.4 Å². The van der Waals surface area contributed by atoms with E-state index >= 15 is 0 Å². The number of hydrogen-bond acceptors (Lipinski definition) is 4. The van der Waals surface area contributed by atoms with Crippen molar-refractivity contribution in [2.75, 3.05) is 6.26 Å². The van der Waals surface area contributed by atoms with Gasteiger partial charge in [0.15, 0.2) is 9.84 Å². The Morgan fingerprint density at radius 3 is 2.08 bits per heavy atom. The molecule has 136 valence electrons. The van der Waals surface area contributed by atoms with Crippen LogP contribution in [0.25, 0.3) is 0 Å². The summed E-state index contributed by atoms with van der Waals surface area (Å²) < 4.78 is 50.1. The van der Waals surface area contributed by atoms with Crippen molar-refractivity contribution >= 4 is 43.1 Å². The van der Waals surface area contributed by atoms with Crippen LogP contribution >= 0.6 is 23.2 Å². The zero-order valence-electron chi connectivity index (χ0n) is 13.5. The molecule has 0 aliphatic carbocycles. The first-order valence-electron chi connectivity index (χ1n) is 7.22. The van der Waals surface area contributed by atoms with Gasteiger partial charge in [0, 0.05) is 12.3 Å². The van der Waals surface area contributed by atoms with Crippen molar-refractivity contribution in [1.82, 2.24) is 4.72 Å². The summed E-state index contributed by atoms with van der Waals surface area (Å²) in [5.74, 6) is -0.240. The maximum atomic E-state index is 12.3. The highest BCUT2D eigenvalue weighted by Gasteiger charge is 2.18. The lowest BCUT2D eigenvalue weighted by molar-refractivity contribution is 0.565. The van der Waals surface area contributed by atoms with Crippen LogP contribution in [0.4, 0.5) is 0 Å². The van der Waals surface area contributed by atoms with Crippen molar-refractivity contribution < 1.29 is 16.8 Å². The minimum atomic E-state index is -3.62. The minimum Gasteiger partial charge on any atom is -0.224 e. The van der Waals surface area contributed by atoms with Crippen LogP contribution in [-0.2, 0) is 25.6 Å². The molecule has 1 atom stereocenters. The summed E-state index contributed by atoms with van der Waals surface area (Å²) in [4.78, 5) is 0.183. The van der Waals surface area contributed by atoms with E-state index in [-0.39, 0.29) is 10.6 Å². The average Bonchev–Trinajstić information content (AvgIpc) is 2.49. The zero-order chi connectivity index (χ0) is 18.8. The smallest absolute Gasteiger partial charge is 0.216 e. The van der Waals surface area contributed by atoms with Gasteiger partial charge < -0.3 is 0 Å². The minimum absolute atomic E-state index is 0.183. The van der Waals surface area contributed by atoms with Gasteiger partial charge in [0.2, 0.25) is 10.0 Å². The van der Waals surface area contributed by atoms with Crippen molar-refractivity contribution in [2.24, 2.45) is 0 Å². The molecule has 2 aromatic rings. The Kier molecular flexibility index (Phi) is 6.17. The van der Waals surface area contributed by atoms with Gasteiger partial charge in [-0.15, -0.1) is 0 Å². The van der Waals surface area contributed by atoms with Crippen LogP contribution < -0.4 is 4.72 Å². The number of nitrogens with one attached hydrogen (secondary N) is 1. The van der Waals surface area contributed by atoms with Crippen LogP contribution in [0.2, 0.25) is 10.0 Å². The first kappa shape index (κ1) is 20.2. The predicted molar refractivity (Wildman–Crippen MR) is 100 cm³/mol. The summed E-state index contributed by atoms with van der Waals surface area (Å²) in [6.45, 7) is 1.68. The van der Waals surface area contributed by atoms with E-state index in [9.17, 15) is 16.8 Å². The van der Waals surface area contributed by atoms with Crippen molar-refractivity contribution in [3.63, 3.8) is 0 Å². The Labute approximate surface area is 157 Å². The molecule has 9 heteroatoms. The van der Waals surface area contributed by atoms with E-state index in [0.29, 0.717) is 21.2 Å². The normalized spacial score (nSPS) is 13.6. The van der Waals surface area contributed by atoms with E-state index in [1.165, 1.54) is 18.2 Å². The zero-order valence-corrected chi connectivity index (χ0v) is 16.7. The molecule has 0 spiro atoms. The second-order valence-electron chi connectivity index (χ2n) is 5.69. The second-order valence-corrected chi connectivity index (χ2v) is 10.3. The van der Waals surface area contributed by atoms with Gasteiger partial charge in [-0.25, -0.2) is 21.6 Å². The first-order chi connectivity index (χ1) is 11.5. The van der Waals surface area contributed by atoms with Crippen LogP contribution in [0.1, 0.15) is 24.1 Å². The molecule has 25 heavy (non-hydrogen) atoms. The van der Waals surface area contributed by atoms with Crippen LogP contribution in [0.15, 0.2) is 47.4 Å². The van der Waals surface area contributed by atoms with Gasteiger partial charge in [0.25, 0.3) is 0 Å². The molecule has 0 aliphatic rings. The number of hydrogen-bond donors (Lipinski definition) is 1. The molecule has 0 radical (unpaired) electrons. The third-order valence-electron chi connectivity index (χ3n) is 3.51. The maximum Gasteiger partial charge on any atom is 0.216 e. The van der Waals surface area contributed by atoms with Crippen molar-refractivity contribution in [2.45, 2.75) is 23.6 Å². The Hall–Kier alpha value is -1.12. The highest BCUT2D eigenvalue weighted by molar-refractivity contribution is 7.90. The summed E-state index contributed by atoms with van der Waals surface area (Å²) in [6, 6.07) is 10.2. The molecule has 0 saturated heterocycles. The molecule has 0 aromatic heterocycles. The Balaban J connectivity index is 2.12. The number of rotatable bonds is 6. The number of sulfonamides is 1. The average molecular weight is 422 g/mol. The summed E-state index contributed by atoms with van der Waals surface area (Å²) in [5.41, 5.74) is 1.17. The number of benzene rings is 2. The molecular formula is C16H17Cl2NO4S2. The highest BCUT2D eigenvalue weighted by atomic mass is 35.5. The van der Waals surface area contributed by atoms with Gasteiger partial charge in [0.05, 0.1) is 20.7 Å². The molecule has 0 aliphatic heterocycles. The fourth-order valence-corrected chi connectivity index (χ4v) is 4.56. The molecule has 5 nitrogen and oxygen atoms in total. The lowest BCUT2D eigenvalue weighted by Gasteiger charge is -2.15. The molecule has 2 rings (SSSR count). The molecule has 2 aromatic carbocycles. The van der Waals surface area contributed by atoms with E-state index in [2.05, 4.69) is 4.72 Å². The van der Waals surface area contributed by atoms with Gasteiger partial charge in [0.1, 0.15) is 0 Å². The molecule has 0 saturated carbocycles. The van der Waals surface area contributed by atoms with Crippen molar-refractivity contribution in [3.05, 3.63) is 63.6 Å². The molecule has 0 heterocycles. The lowest BCUT2D eigenvalue weighted by atomic mass is 10.1. The van der Waals surface area contributed by atoms with Crippen molar-refractivity contribution in [3.8, 4) is 0 Å². The second kappa shape index (κ2) is 7.63. The third-order valence-corrected chi connectivity index (χ3v) is 6.80. The Morgan fingerprint density at radius 2 is 1.56 bits per heavy atom. The molecule has 1 N–H and O–H groups in total. The van der Waals surface area contributed by atoms with E-state index in [0.717, 1.165) is 6.26 Å². The van der Waals surface area contributed by atoms with E-state index in [1.54, 1.807) is 31.2 Å². The monoisotopic (exact) mass is 421 g/mol. The van der Waals surface area contributed by atoms with Gasteiger partial charge in [-0.2, -0.15) is 0 Å². The van der Waals surface area contributed by atoms with Gasteiger partial charge in [-0.3, -0.25) is 0 Å². The van der Waals surface area contributed by atoms with Gasteiger partial charge >= 0.3 is 0 Å². The fourth-order valence-electron chi connectivity index (χ4n) is 2.23. The molecular weight excluding hydrogens is 405 g/mol. The maximum absolute atomic E-state index is 12.3. The van der Waals surface area contributed by atoms with E-state index < -0.39 is 25.9 Å². The standard InChI is InChI=1S/C16H17Cl2NO4S2/c1-11(13-4-6-14(7-5-13)24(2,20)21)19-25(22,23)10-12-3-8-15(17)16(18)9-12/h3-9,11,19H,10H2,1-2H3/t11-/m1/s1. The topological polar surface area (TPSA) is 80.3 Å². The summed E-state index contributed by atoms with van der Waals surface area (Å²) in [5, 5.41) is 0.647. The van der Waals surface area contributed by atoms with Crippen LogP contribution in [0.5, 0.6) is 0 Å². The SMILES string of the molecule is C[C@@H](NS(=O)(=O)Cc1ccc(Cl)c(Cl)c1)c1ccc(S(C)(=O)=O)cc1. The summed E-state index contributed by atoms with van der Waals surface area (Å²) in [7, 11) is -6.91. The molecule has 0 amide bonds. The van der Waals surface area contributed by atoms with Crippen molar-refractivity contribution in [1.29, 1.82) is 0 Å². The lowest BCUT2D eigenvalue weighted by Crippen LogP contribution is -2.28.